The third kappa shape index (κ3) is 5.19. The molecule has 2 aromatic rings. The minimum Gasteiger partial charge on any atom is -0.479 e. The van der Waals surface area contributed by atoms with E-state index in [2.05, 4.69) is 16.0 Å². The van der Waals surface area contributed by atoms with Crippen LogP contribution in [-0.2, 0) is 14.4 Å². The van der Waals surface area contributed by atoms with E-state index in [1.54, 1.807) is 68.4 Å². The van der Waals surface area contributed by atoms with E-state index < -0.39 is 36.0 Å². The first-order valence-corrected chi connectivity index (χ1v) is 11.2. The van der Waals surface area contributed by atoms with Crippen LogP contribution in [0.15, 0.2) is 54.6 Å². The number of urea groups is 1. The molecule has 0 saturated carbocycles. The Kier molecular flexibility index (Phi) is 7.55. The van der Waals surface area contributed by atoms with E-state index in [4.69, 9.17) is 0 Å². The molecule has 34 heavy (non-hydrogen) atoms. The molecule has 2 aromatic carbocycles. The Balaban J connectivity index is 1.87. The molecule has 9 nitrogen and oxygen atoms in total. The van der Waals surface area contributed by atoms with Crippen LogP contribution in [0.5, 0.6) is 0 Å². The molecule has 180 valence electrons. The summed E-state index contributed by atoms with van der Waals surface area (Å²) in [4.78, 5) is 52.6. The molecular weight excluding hydrogens is 436 g/mol. The summed E-state index contributed by atoms with van der Waals surface area (Å²) in [7, 11) is 0. The van der Waals surface area contributed by atoms with E-state index in [1.165, 1.54) is 4.90 Å². The summed E-state index contributed by atoms with van der Waals surface area (Å²) in [5.41, 5.74) is 1.44. The molecule has 4 N–H and O–H groups in total. The Morgan fingerprint density at radius 2 is 1.56 bits per heavy atom. The Morgan fingerprint density at radius 1 is 0.941 bits per heavy atom. The standard InChI is InChI=1S/C25H30N4O5/c1-14(2)19(22(30)27-20(24(32)33)16-10-6-5-7-11-16)28-25(34)29-18-13-9-8-12-17(18)26-23(31)21(29)15(3)4/h5-15,19-21H,1-4H3,(H,26,31)(H,27,30)(H,28,34)(H,32,33)/t19-,20+,21+/m1/s1. The van der Waals surface area contributed by atoms with Gasteiger partial charge in [0, 0.05) is 0 Å². The van der Waals surface area contributed by atoms with Crippen LogP contribution in [0.25, 0.3) is 0 Å². The SMILES string of the molecule is CC(C)[C@H]1C(=O)Nc2ccccc2N1C(=O)N[C@@H](C(=O)N[C@H](C(=O)O)c1ccccc1)C(C)C. The number of benzene rings is 2. The van der Waals surface area contributed by atoms with Crippen LogP contribution in [0.1, 0.15) is 39.3 Å². The highest BCUT2D eigenvalue weighted by molar-refractivity contribution is 6.12. The van der Waals surface area contributed by atoms with Crippen LogP contribution in [0.4, 0.5) is 16.2 Å². The summed E-state index contributed by atoms with van der Waals surface area (Å²) in [5.74, 6) is -2.70. The number of carboxylic acid groups (broad SMARTS) is 1. The maximum atomic E-state index is 13.5. The van der Waals surface area contributed by atoms with Crippen molar-refractivity contribution in [1.29, 1.82) is 0 Å². The van der Waals surface area contributed by atoms with Crippen LogP contribution < -0.4 is 20.9 Å². The quantitative estimate of drug-likeness (QED) is 0.498. The summed E-state index contributed by atoms with van der Waals surface area (Å²) in [5, 5.41) is 17.8. The lowest BCUT2D eigenvalue weighted by Gasteiger charge is -2.39. The van der Waals surface area contributed by atoms with Crippen LogP contribution >= 0.6 is 0 Å². The van der Waals surface area contributed by atoms with Crippen LogP contribution in [0.2, 0.25) is 0 Å². The number of fused-ring (bicyclic) bond motifs is 1. The van der Waals surface area contributed by atoms with Gasteiger partial charge in [-0.05, 0) is 29.5 Å². The summed E-state index contributed by atoms with van der Waals surface area (Å²) in [6.45, 7) is 7.17. The third-order valence-electron chi connectivity index (χ3n) is 5.71. The maximum absolute atomic E-state index is 13.5. The van der Waals surface area contributed by atoms with Gasteiger partial charge in [-0.1, -0.05) is 70.2 Å². The van der Waals surface area contributed by atoms with Crippen molar-refractivity contribution < 1.29 is 24.3 Å². The molecule has 0 unspecified atom stereocenters. The van der Waals surface area contributed by atoms with Crippen molar-refractivity contribution in [3.8, 4) is 0 Å². The number of anilines is 2. The van der Waals surface area contributed by atoms with E-state index in [0.29, 0.717) is 16.9 Å². The number of para-hydroxylation sites is 2. The number of nitrogens with one attached hydrogen (secondary N) is 3. The Morgan fingerprint density at radius 3 is 2.15 bits per heavy atom. The zero-order chi connectivity index (χ0) is 25.0. The molecule has 0 aromatic heterocycles. The summed E-state index contributed by atoms with van der Waals surface area (Å²) in [6, 6.07) is 11.6. The molecule has 3 rings (SSSR count). The molecule has 0 aliphatic carbocycles. The lowest BCUT2D eigenvalue weighted by Crippen LogP contribution is -2.60. The lowest BCUT2D eigenvalue weighted by atomic mass is 9.97. The number of carboxylic acids is 1. The molecule has 0 radical (unpaired) electrons. The lowest BCUT2D eigenvalue weighted by molar-refractivity contribution is -0.142. The summed E-state index contributed by atoms with van der Waals surface area (Å²) >= 11 is 0. The number of hydrogen-bond donors (Lipinski definition) is 4. The van der Waals surface area contributed by atoms with Crippen molar-refractivity contribution in [2.45, 2.75) is 45.8 Å². The second-order valence-corrected chi connectivity index (χ2v) is 8.93. The number of aliphatic carboxylic acids is 1. The maximum Gasteiger partial charge on any atom is 0.330 e. The van der Waals surface area contributed by atoms with Gasteiger partial charge in [0.05, 0.1) is 11.4 Å². The molecule has 0 spiro atoms. The number of hydrogen-bond acceptors (Lipinski definition) is 4. The van der Waals surface area contributed by atoms with Crippen molar-refractivity contribution in [2.24, 2.45) is 11.8 Å². The number of rotatable bonds is 7. The Labute approximate surface area is 198 Å². The Hall–Kier alpha value is -3.88. The molecule has 1 aliphatic heterocycles. The molecule has 4 amide bonds. The monoisotopic (exact) mass is 466 g/mol. The minimum absolute atomic E-state index is 0.195. The molecule has 3 atom stereocenters. The van der Waals surface area contributed by atoms with Crippen molar-refractivity contribution in [3.05, 3.63) is 60.2 Å². The molecule has 0 fully saturated rings. The average molecular weight is 467 g/mol. The fourth-order valence-corrected chi connectivity index (χ4v) is 4.00. The Bertz CT molecular complexity index is 1070. The second kappa shape index (κ2) is 10.4. The smallest absolute Gasteiger partial charge is 0.330 e. The molecule has 9 heteroatoms. The van der Waals surface area contributed by atoms with Crippen LogP contribution in [0.3, 0.4) is 0 Å². The van der Waals surface area contributed by atoms with Crippen LogP contribution in [-0.4, -0.2) is 41.0 Å². The topological polar surface area (TPSA) is 128 Å². The van der Waals surface area contributed by atoms with E-state index >= 15 is 0 Å². The van der Waals surface area contributed by atoms with Crippen molar-refractivity contribution in [1.82, 2.24) is 10.6 Å². The second-order valence-electron chi connectivity index (χ2n) is 8.93. The zero-order valence-corrected chi connectivity index (χ0v) is 19.6. The summed E-state index contributed by atoms with van der Waals surface area (Å²) in [6.07, 6.45) is 0. The van der Waals surface area contributed by atoms with Gasteiger partial charge in [-0.25, -0.2) is 9.59 Å². The largest absolute Gasteiger partial charge is 0.479 e. The number of carbonyl (C=O) groups excluding carboxylic acids is 3. The minimum atomic E-state index is -1.27. The van der Waals surface area contributed by atoms with Crippen molar-refractivity contribution in [2.75, 3.05) is 10.2 Å². The normalized spacial score (nSPS) is 16.9. The first kappa shape index (κ1) is 24.8. The fourth-order valence-electron chi connectivity index (χ4n) is 4.00. The van der Waals surface area contributed by atoms with Gasteiger partial charge in [-0.15, -0.1) is 0 Å². The first-order chi connectivity index (χ1) is 16.1. The van der Waals surface area contributed by atoms with Gasteiger partial charge >= 0.3 is 12.0 Å². The predicted molar refractivity (Wildman–Crippen MR) is 128 cm³/mol. The fraction of sp³-hybridized carbons (Fsp3) is 0.360. The van der Waals surface area contributed by atoms with E-state index in [-0.39, 0.29) is 17.7 Å². The van der Waals surface area contributed by atoms with Crippen molar-refractivity contribution >= 4 is 35.2 Å². The van der Waals surface area contributed by atoms with E-state index in [9.17, 15) is 24.3 Å². The number of nitrogens with zero attached hydrogens (tertiary/aromatic N) is 1. The van der Waals surface area contributed by atoms with E-state index in [0.717, 1.165) is 0 Å². The molecule has 0 bridgehead atoms. The molecular formula is C25H30N4O5. The van der Waals surface area contributed by atoms with Gasteiger partial charge in [-0.3, -0.25) is 14.5 Å². The number of carbonyl (C=O) groups is 4. The number of amides is 4. The molecule has 0 saturated heterocycles. The van der Waals surface area contributed by atoms with Gasteiger partial charge in [-0.2, -0.15) is 0 Å². The van der Waals surface area contributed by atoms with Gasteiger partial charge in [0.15, 0.2) is 6.04 Å². The van der Waals surface area contributed by atoms with Crippen LogP contribution in [0, 0.1) is 11.8 Å². The van der Waals surface area contributed by atoms with Gasteiger partial charge in [0.25, 0.3) is 0 Å². The zero-order valence-electron chi connectivity index (χ0n) is 19.6. The first-order valence-electron chi connectivity index (χ1n) is 11.2. The third-order valence-corrected chi connectivity index (χ3v) is 5.71. The van der Waals surface area contributed by atoms with Gasteiger partial charge < -0.3 is 21.1 Å². The van der Waals surface area contributed by atoms with Gasteiger partial charge in [0.2, 0.25) is 11.8 Å². The highest BCUT2D eigenvalue weighted by atomic mass is 16.4. The highest BCUT2D eigenvalue weighted by Crippen LogP contribution is 2.34. The highest BCUT2D eigenvalue weighted by Gasteiger charge is 2.40. The predicted octanol–water partition coefficient (Wildman–Crippen LogP) is 3.15. The van der Waals surface area contributed by atoms with E-state index in [1.807, 2.05) is 13.8 Å². The van der Waals surface area contributed by atoms with Gasteiger partial charge in [0.1, 0.15) is 12.1 Å². The van der Waals surface area contributed by atoms with Crippen molar-refractivity contribution in [3.63, 3.8) is 0 Å². The molecule has 1 aliphatic rings. The summed E-state index contributed by atoms with van der Waals surface area (Å²) < 4.78 is 0. The average Bonchev–Trinajstić information content (AvgIpc) is 2.79. The molecule has 1 heterocycles.